The average molecular weight is 360 g/mol. The van der Waals surface area contributed by atoms with Crippen LogP contribution in [0, 0.1) is 0 Å². The summed E-state index contributed by atoms with van der Waals surface area (Å²) in [5.74, 6) is 1.15. The molecule has 0 unspecified atom stereocenters. The van der Waals surface area contributed by atoms with Crippen molar-refractivity contribution >= 4 is 27.3 Å². The molecule has 7 nitrogen and oxygen atoms in total. The molecule has 130 valence electrons. The Balaban J connectivity index is 1.54. The summed E-state index contributed by atoms with van der Waals surface area (Å²) in [5.41, 5.74) is 1.10. The molecule has 1 saturated heterocycles. The number of nitrogens with one attached hydrogen (secondary N) is 1. The van der Waals surface area contributed by atoms with Gasteiger partial charge in [0.2, 0.25) is 12.7 Å². The number of sulfonamides is 1. The maximum atomic E-state index is 12.5. The van der Waals surface area contributed by atoms with Crippen LogP contribution >= 0.6 is 0 Å². The van der Waals surface area contributed by atoms with Crippen LogP contribution in [0.25, 0.3) is 0 Å². The van der Waals surface area contributed by atoms with Crippen LogP contribution < -0.4 is 19.1 Å². The minimum atomic E-state index is -3.73. The van der Waals surface area contributed by atoms with E-state index in [1.807, 2.05) is 0 Å². The topological polar surface area (TPSA) is 84.9 Å². The van der Waals surface area contributed by atoms with E-state index in [4.69, 9.17) is 9.47 Å². The number of nitrogens with zero attached hydrogens (tertiary/aromatic N) is 1. The van der Waals surface area contributed by atoms with Crippen molar-refractivity contribution in [1.82, 2.24) is 0 Å². The second-order valence-corrected chi connectivity index (χ2v) is 7.50. The van der Waals surface area contributed by atoms with Crippen molar-refractivity contribution in [2.24, 2.45) is 0 Å². The number of fused-ring (bicyclic) bond motifs is 1. The highest BCUT2D eigenvalue weighted by atomic mass is 32.2. The predicted molar refractivity (Wildman–Crippen MR) is 91.4 cm³/mol. The highest BCUT2D eigenvalue weighted by Crippen LogP contribution is 2.35. The Hall–Kier alpha value is -2.74. The molecular formula is C17H16N2O5S. The predicted octanol–water partition coefficient (Wildman–Crippen LogP) is 2.34. The largest absolute Gasteiger partial charge is 0.454 e. The molecule has 2 aromatic carbocycles. The van der Waals surface area contributed by atoms with Gasteiger partial charge < -0.3 is 14.4 Å². The maximum Gasteiger partial charge on any atom is 0.261 e. The van der Waals surface area contributed by atoms with Crippen molar-refractivity contribution in [3.63, 3.8) is 0 Å². The normalized spacial score (nSPS) is 16.3. The van der Waals surface area contributed by atoms with Gasteiger partial charge in [-0.3, -0.25) is 9.52 Å². The molecule has 0 bridgehead atoms. The van der Waals surface area contributed by atoms with E-state index in [0.717, 1.165) is 6.42 Å². The van der Waals surface area contributed by atoms with Gasteiger partial charge in [-0.15, -0.1) is 0 Å². The van der Waals surface area contributed by atoms with Crippen LogP contribution in [0.4, 0.5) is 11.4 Å². The van der Waals surface area contributed by atoms with Gasteiger partial charge in [-0.2, -0.15) is 0 Å². The monoisotopic (exact) mass is 360 g/mol. The highest BCUT2D eigenvalue weighted by molar-refractivity contribution is 7.92. The third kappa shape index (κ3) is 3.00. The molecule has 2 aliphatic heterocycles. The van der Waals surface area contributed by atoms with Crippen LogP contribution in [0.5, 0.6) is 11.5 Å². The summed E-state index contributed by atoms with van der Waals surface area (Å²) in [7, 11) is -3.73. The lowest BCUT2D eigenvalue weighted by molar-refractivity contribution is -0.117. The zero-order valence-electron chi connectivity index (χ0n) is 13.3. The molecule has 0 radical (unpaired) electrons. The average Bonchev–Trinajstić information content (AvgIpc) is 3.23. The molecule has 1 amide bonds. The van der Waals surface area contributed by atoms with Gasteiger partial charge in [-0.1, -0.05) is 0 Å². The minimum absolute atomic E-state index is 0.0640. The first-order valence-corrected chi connectivity index (χ1v) is 9.34. The molecule has 1 fully saturated rings. The van der Waals surface area contributed by atoms with Gasteiger partial charge in [0.25, 0.3) is 10.0 Å². The Morgan fingerprint density at radius 1 is 1.00 bits per heavy atom. The van der Waals surface area contributed by atoms with Crippen molar-refractivity contribution in [2.45, 2.75) is 17.7 Å². The Morgan fingerprint density at radius 3 is 2.48 bits per heavy atom. The molecule has 0 aliphatic carbocycles. The summed E-state index contributed by atoms with van der Waals surface area (Å²) in [5, 5.41) is 0. The van der Waals surface area contributed by atoms with Gasteiger partial charge in [-0.05, 0) is 42.8 Å². The number of rotatable bonds is 4. The second-order valence-electron chi connectivity index (χ2n) is 5.82. The number of hydrogen-bond acceptors (Lipinski definition) is 5. The van der Waals surface area contributed by atoms with Gasteiger partial charge in [0, 0.05) is 24.7 Å². The van der Waals surface area contributed by atoms with Gasteiger partial charge in [0.1, 0.15) is 0 Å². The first-order chi connectivity index (χ1) is 12.0. The van der Waals surface area contributed by atoms with Crippen LogP contribution in [0.15, 0.2) is 47.4 Å². The number of hydrogen-bond donors (Lipinski definition) is 1. The van der Waals surface area contributed by atoms with Crippen molar-refractivity contribution in [3.8, 4) is 11.5 Å². The molecular weight excluding hydrogens is 344 g/mol. The number of amides is 1. The van der Waals surface area contributed by atoms with Crippen LogP contribution in [0.3, 0.4) is 0 Å². The zero-order chi connectivity index (χ0) is 17.4. The summed E-state index contributed by atoms with van der Waals surface area (Å²) in [4.78, 5) is 13.6. The third-order valence-electron chi connectivity index (χ3n) is 4.16. The Kier molecular flexibility index (Phi) is 3.76. The van der Waals surface area contributed by atoms with Crippen LogP contribution in [0.2, 0.25) is 0 Å². The molecule has 8 heteroatoms. The zero-order valence-corrected chi connectivity index (χ0v) is 14.1. The summed E-state index contributed by atoms with van der Waals surface area (Å²) in [6.45, 7) is 0.794. The molecule has 0 saturated carbocycles. The van der Waals surface area contributed by atoms with E-state index in [2.05, 4.69) is 4.72 Å². The summed E-state index contributed by atoms with van der Waals surface area (Å²) in [6, 6.07) is 11.1. The van der Waals surface area contributed by atoms with Crippen LogP contribution in [-0.4, -0.2) is 27.7 Å². The van der Waals surface area contributed by atoms with Crippen LogP contribution in [0.1, 0.15) is 12.8 Å². The third-order valence-corrected chi connectivity index (χ3v) is 5.55. The molecule has 2 aromatic rings. The second kappa shape index (κ2) is 5.96. The lowest BCUT2D eigenvalue weighted by Gasteiger charge is -2.16. The van der Waals surface area contributed by atoms with Crippen molar-refractivity contribution < 1.29 is 22.7 Å². The number of benzene rings is 2. The molecule has 25 heavy (non-hydrogen) atoms. The van der Waals surface area contributed by atoms with E-state index in [1.165, 1.54) is 12.1 Å². The fourth-order valence-electron chi connectivity index (χ4n) is 2.90. The highest BCUT2D eigenvalue weighted by Gasteiger charge is 2.23. The smallest absolute Gasteiger partial charge is 0.261 e. The Labute approximate surface area is 145 Å². The first-order valence-electron chi connectivity index (χ1n) is 7.86. The van der Waals surface area contributed by atoms with Gasteiger partial charge in [0.15, 0.2) is 11.5 Å². The van der Waals surface area contributed by atoms with Crippen LogP contribution in [-0.2, 0) is 14.8 Å². The number of ether oxygens (including phenoxy) is 2. The van der Waals surface area contributed by atoms with E-state index in [1.54, 1.807) is 35.2 Å². The number of carbonyl (C=O) groups excluding carboxylic acids is 1. The molecule has 0 spiro atoms. The van der Waals surface area contributed by atoms with E-state index in [-0.39, 0.29) is 17.6 Å². The van der Waals surface area contributed by atoms with E-state index < -0.39 is 10.0 Å². The standard InChI is InChI=1S/C17H16N2O5S/c20-17-2-1-9-19(17)13-4-6-14(7-5-13)25(21,22)18-12-3-8-15-16(10-12)24-11-23-15/h3-8,10,18H,1-2,9,11H2. The molecule has 2 aliphatic rings. The maximum absolute atomic E-state index is 12.5. The number of anilines is 2. The van der Waals surface area contributed by atoms with Crippen molar-refractivity contribution in [2.75, 3.05) is 23.0 Å². The summed E-state index contributed by atoms with van der Waals surface area (Å²) >= 11 is 0. The summed E-state index contributed by atoms with van der Waals surface area (Å²) < 4.78 is 38.0. The first kappa shape index (κ1) is 15.8. The summed E-state index contributed by atoms with van der Waals surface area (Å²) in [6.07, 6.45) is 1.36. The van der Waals surface area contributed by atoms with Crippen molar-refractivity contribution in [1.29, 1.82) is 0 Å². The van der Waals surface area contributed by atoms with Gasteiger partial charge in [0.05, 0.1) is 10.6 Å². The minimum Gasteiger partial charge on any atom is -0.454 e. The molecule has 1 N–H and O–H groups in total. The van der Waals surface area contributed by atoms with Gasteiger partial charge in [-0.25, -0.2) is 8.42 Å². The van der Waals surface area contributed by atoms with E-state index >= 15 is 0 Å². The van der Waals surface area contributed by atoms with E-state index in [9.17, 15) is 13.2 Å². The fraction of sp³-hybridized carbons (Fsp3) is 0.235. The van der Waals surface area contributed by atoms with Gasteiger partial charge >= 0.3 is 0 Å². The molecule has 0 atom stereocenters. The Bertz CT molecular complexity index is 925. The lowest BCUT2D eigenvalue weighted by Crippen LogP contribution is -2.23. The van der Waals surface area contributed by atoms with E-state index in [0.29, 0.717) is 35.8 Å². The lowest BCUT2D eigenvalue weighted by atomic mass is 10.3. The van der Waals surface area contributed by atoms with Crippen molar-refractivity contribution in [3.05, 3.63) is 42.5 Å². The SMILES string of the molecule is O=C1CCCN1c1ccc(S(=O)(=O)Nc2ccc3c(c2)OCO3)cc1. The quantitative estimate of drug-likeness (QED) is 0.905. The molecule has 0 aromatic heterocycles. The molecule has 4 rings (SSSR count). The number of carbonyl (C=O) groups is 1. The Morgan fingerprint density at radius 2 is 1.76 bits per heavy atom. The molecule has 2 heterocycles. The fourth-order valence-corrected chi connectivity index (χ4v) is 3.95.